The number of hydrogen-bond acceptors (Lipinski definition) is 3. The summed E-state index contributed by atoms with van der Waals surface area (Å²) in [6.07, 6.45) is 0.590. The molecule has 0 atom stereocenters. The standard InChI is InChI=1S/C12H11Br2N3O2/c1-3-9-15-11(12(18)19)16-17(9)10-7(13)4-6(2)5-8(10)14/h4-5H,3H2,1-2H3,(H,18,19). The maximum Gasteiger partial charge on any atom is 0.375 e. The second-order valence-electron chi connectivity index (χ2n) is 4.00. The van der Waals surface area contributed by atoms with Crippen LogP contribution in [-0.4, -0.2) is 25.8 Å². The lowest BCUT2D eigenvalue weighted by Crippen LogP contribution is -2.05. The summed E-state index contributed by atoms with van der Waals surface area (Å²) in [6, 6.07) is 3.89. The van der Waals surface area contributed by atoms with Crippen molar-refractivity contribution in [1.82, 2.24) is 14.8 Å². The van der Waals surface area contributed by atoms with E-state index < -0.39 is 5.97 Å². The van der Waals surface area contributed by atoms with Crippen LogP contribution in [0, 0.1) is 6.92 Å². The first-order valence-electron chi connectivity index (χ1n) is 5.59. The van der Waals surface area contributed by atoms with E-state index in [0.717, 1.165) is 20.2 Å². The summed E-state index contributed by atoms with van der Waals surface area (Å²) < 4.78 is 3.21. The molecular formula is C12H11Br2N3O2. The van der Waals surface area contributed by atoms with Gasteiger partial charge in [-0.15, -0.1) is 5.10 Å². The van der Waals surface area contributed by atoms with Gasteiger partial charge in [-0.05, 0) is 56.5 Å². The molecule has 19 heavy (non-hydrogen) atoms. The van der Waals surface area contributed by atoms with E-state index in [0.29, 0.717) is 12.2 Å². The van der Waals surface area contributed by atoms with E-state index in [2.05, 4.69) is 41.9 Å². The first-order valence-corrected chi connectivity index (χ1v) is 7.18. The average molecular weight is 389 g/mol. The SMILES string of the molecule is CCc1nc(C(=O)O)nn1-c1c(Br)cc(C)cc1Br. The zero-order valence-corrected chi connectivity index (χ0v) is 13.5. The third-order valence-electron chi connectivity index (χ3n) is 2.55. The van der Waals surface area contributed by atoms with Crippen LogP contribution in [0.3, 0.4) is 0 Å². The molecule has 0 saturated carbocycles. The summed E-state index contributed by atoms with van der Waals surface area (Å²) >= 11 is 6.96. The number of hydrogen-bond donors (Lipinski definition) is 1. The van der Waals surface area contributed by atoms with Gasteiger partial charge < -0.3 is 5.11 Å². The lowest BCUT2D eigenvalue weighted by Gasteiger charge is -2.10. The molecule has 0 spiro atoms. The lowest BCUT2D eigenvalue weighted by molar-refractivity contribution is 0.0683. The normalized spacial score (nSPS) is 10.7. The number of benzene rings is 1. The van der Waals surface area contributed by atoms with Crippen molar-refractivity contribution in [2.45, 2.75) is 20.3 Å². The van der Waals surface area contributed by atoms with Gasteiger partial charge in [-0.25, -0.2) is 14.5 Å². The number of rotatable bonds is 3. The van der Waals surface area contributed by atoms with E-state index in [1.807, 2.05) is 26.0 Å². The van der Waals surface area contributed by atoms with Crippen molar-refractivity contribution < 1.29 is 9.90 Å². The number of halogens is 2. The zero-order chi connectivity index (χ0) is 14.2. The second-order valence-corrected chi connectivity index (χ2v) is 5.71. The predicted molar refractivity (Wildman–Crippen MR) is 77.8 cm³/mol. The van der Waals surface area contributed by atoms with E-state index in [1.54, 1.807) is 4.68 Å². The Morgan fingerprint density at radius 1 is 1.37 bits per heavy atom. The van der Waals surface area contributed by atoms with Crippen LogP contribution in [0.4, 0.5) is 0 Å². The fourth-order valence-corrected chi connectivity index (χ4v) is 3.49. The monoisotopic (exact) mass is 387 g/mol. The third kappa shape index (κ3) is 2.71. The van der Waals surface area contributed by atoms with Crippen LogP contribution in [0.15, 0.2) is 21.1 Å². The van der Waals surface area contributed by atoms with Crippen molar-refractivity contribution in [2.75, 3.05) is 0 Å². The number of carboxylic acids is 1. The van der Waals surface area contributed by atoms with Gasteiger partial charge in [0.05, 0.1) is 5.69 Å². The van der Waals surface area contributed by atoms with Crippen molar-refractivity contribution in [1.29, 1.82) is 0 Å². The molecule has 0 bridgehead atoms. The highest BCUT2D eigenvalue weighted by atomic mass is 79.9. The first-order chi connectivity index (χ1) is 8.93. The van der Waals surface area contributed by atoms with E-state index in [1.165, 1.54) is 0 Å². The summed E-state index contributed by atoms with van der Waals surface area (Å²) in [4.78, 5) is 15.0. The molecular weight excluding hydrogens is 378 g/mol. The molecule has 0 aliphatic heterocycles. The number of aromatic carboxylic acids is 1. The summed E-state index contributed by atoms with van der Waals surface area (Å²) in [5.74, 6) is -0.730. The van der Waals surface area contributed by atoms with Crippen molar-refractivity contribution in [3.63, 3.8) is 0 Å². The first kappa shape index (κ1) is 14.2. The Hall–Kier alpha value is -1.21. The van der Waals surface area contributed by atoms with E-state index in [-0.39, 0.29) is 5.82 Å². The van der Waals surface area contributed by atoms with Crippen LogP contribution < -0.4 is 0 Å². The molecule has 1 aromatic heterocycles. The fourth-order valence-electron chi connectivity index (χ4n) is 1.74. The highest BCUT2D eigenvalue weighted by molar-refractivity contribution is 9.11. The largest absolute Gasteiger partial charge is 0.475 e. The highest BCUT2D eigenvalue weighted by Crippen LogP contribution is 2.31. The molecule has 5 nitrogen and oxygen atoms in total. The molecule has 1 N–H and O–H groups in total. The number of carbonyl (C=O) groups is 1. The van der Waals surface area contributed by atoms with Gasteiger partial charge in [0.2, 0.25) is 0 Å². The number of aromatic nitrogens is 3. The Morgan fingerprint density at radius 2 is 1.95 bits per heavy atom. The minimum absolute atomic E-state index is 0.198. The van der Waals surface area contributed by atoms with Gasteiger partial charge in [0, 0.05) is 15.4 Å². The van der Waals surface area contributed by atoms with Gasteiger partial charge in [-0.3, -0.25) is 0 Å². The molecule has 0 amide bonds. The maximum absolute atomic E-state index is 11.0. The summed E-state index contributed by atoms with van der Waals surface area (Å²) in [5, 5.41) is 13.0. The molecule has 0 fully saturated rings. The highest BCUT2D eigenvalue weighted by Gasteiger charge is 2.18. The topological polar surface area (TPSA) is 68.0 Å². The van der Waals surface area contributed by atoms with Gasteiger partial charge in [0.25, 0.3) is 5.82 Å². The second kappa shape index (κ2) is 5.42. The molecule has 1 heterocycles. The van der Waals surface area contributed by atoms with Crippen molar-refractivity contribution in [3.05, 3.63) is 38.3 Å². The Kier molecular flexibility index (Phi) is 4.05. The molecule has 0 aliphatic carbocycles. The van der Waals surface area contributed by atoms with Crippen LogP contribution >= 0.6 is 31.9 Å². The molecule has 0 radical (unpaired) electrons. The maximum atomic E-state index is 11.0. The average Bonchev–Trinajstić information content (AvgIpc) is 2.71. The van der Waals surface area contributed by atoms with Crippen LogP contribution in [-0.2, 0) is 6.42 Å². The summed E-state index contributed by atoms with van der Waals surface area (Å²) in [5.41, 5.74) is 1.83. The van der Waals surface area contributed by atoms with Crippen molar-refractivity contribution in [3.8, 4) is 5.69 Å². The van der Waals surface area contributed by atoms with Gasteiger partial charge in [0.1, 0.15) is 5.82 Å². The molecule has 0 aliphatic rings. The Bertz CT molecular complexity index is 629. The van der Waals surface area contributed by atoms with Gasteiger partial charge in [0.15, 0.2) is 0 Å². The molecule has 7 heteroatoms. The van der Waals surface area contributed by atoms with Crippen LogP contribution in [0.5, 0.6) is 0 Å². The van der Waals surface area contributed by atoms with Crippen molar-refractivity contribution >= 4 is 37.8 Å². The molecule has 0 saturated heterocycles. The summed E-state index contributed by atoms with van der Waals surface area (Å²) in [6.45, 7) is 3.88. The van der Waals surface area contributed by atoms with E-state index in [4.69, 9.17) is 5.11 Å². The molecule has 100 valence electrons. The quantitative estimate of drug-likeness (QED) is 0.875. The Labute approximate surface area is 126 Å². The molecule has 2 aromatic rings. The molecule has 0 unspecified atom stereocenters. The van der Waals surface area contributed by atoms with Crippen LogP contribution in [0.2, 0.25) is 0 Å². The smallest absolute Gasteiger partial charge is 0.375 e. The van der Waals surface area contributed by atoms with Gasteiger partial charge in [-0.1, -0.05) is 6.92 Å². The van der Waals surface area contributed by atoms with E-state index in [9.17, 15) is 4.79 Å². The van der Waals surface area contributed by atoms with Gasteiger partial charge in [-0.2, -0.15) is 0 Å². The number of nitrogens with zero attached hydrogens (tertiary/aromatic N) is 3. The predicted octanol–water partition coefficient (Wildman–Crippen LogP) is 3.36. The minimum atomic E-state index is -1.13. The zero-order valence-electron chi connectivity index (χ0n) is 10.3. The lowest BCUT2D eigenvalue weighted by atomic mass is 10.2. The van der Waals surface area contributed by atoms with Crippen molar-refractivity contribution in [2.24, 2.45) is 0 Å². The fraction of sp³-hybridized carbons (Fsp3) is 0.250. The molecule has 1 aromatic carbocycles. The summed E-state index contributed by atoms with van der Waals surface area (Å²) in [7, 11) is 0. The van der Waals surface area contributed by atoms with E-state index >= 15 is 0 Å². The van der Waals surface area contributed by atoms with Crippen LogP contribution in [0.1, 0.15) is 28.9 Å². The minimum Gasteiger partial charge on any atom is -0.475 e. The number of aryl methyl sites for hydroxylation is 2. The Balaban J connectivity index is 2.68. The number of carboxylic acid groups (broad SMARTS) is 1. The third-order valence-corrected chi connectivity index (χ3v) is 3.76. The Morgan fingerprint density at radius 3 is 2.42 bits per heavy atom. The molecule has 2 rings (SSSR count). The van der Waals surface area contributed by atoms with Crippen LogP contribution in [0.25, 0.3) is 5.69 Å². The van der Waals surface area contributed by atoms with Gasteiger partial charge >= 0.3 is 5.97 Å².